The van der Waals surface area contributed by atoms with Gasteiger partial charge in [0.15, 0.2) is 5.11 Å². The normalized spacial score (nSPS) is 10.3. The lowest BCUT2D eigenvalue weighted by atomic mass is 10.2. The Bertz CT molecular complexity index is 717. The van der Waals surface area contributed by atoms with Crippen molar-refractivity contribution in [2.24, 2.45) is 5.92 Å². The molecule has 0 bridgehead atoms. The Hall–Kier alpha value is -1.67. The molecule has 0 fully saturated rings. The first-order valence-electron chi connectivity index (χ1n) is 7.55. The number of carbonyl (C=O) groups excluding carboxylic acids is 1. The predicted molar refractivity (Wildman–Crippen MR) is 110 cm³/mol. The van der Waals surface area contributed by atoms with E-state index in [0.29, 0.717) is 23.8 Å². The summed E-state index contributed by atoms with van der Waals surface area (Å²) < 4.78 is 6.77. The van der Waals surface area contributed by atoms with Crippen LogP contribution in [0, 0.1) is 9.49 Å². The maximum atomic E-state index is 12.3. The Morgan fingerprint density at radius 1 is 1.21 bits per heavy atom. The minimum Gasteiger partial charge on any atom is -0.493 e. The molecule has 2 N–H and O–H groups in total. The zero-order chi connectivity index (χ0) is 17.5. The van der Waals surface area contributed by atoms with Gasteiger partial charge in [-0.25, -0.2) is 0 Å². The quantitative estimate of drug-likeness (QED) is 0.518. The predicted octanol–water partition coefficient (Wildman–Crippen LogP) is 4.45. The number of carbonyl (C=O) groups is 1. The number of ether oxygens (including phenoxy) is 1. The van der Waals surface area contributed by atoms with Crippen LogP contribution in [0.5, 0.6) is 5.75 Å². The molecule has 1 amide bonds. The zero-order valence-electron chi connectivity index (χ0n) is 13.5. The maximum absolute atomic E-state index is 12.3. The summed E-state index contributed by atoms with van der Waals surface area (Å²) in [4.78, 5) is 12.3. The lowest BCUT2D eigenvalue weighted by Gasteiger charge is -2.11. The van der Waals surface area contributed by atoms with Crippen molar-refractivity contribution in [3.05, 3.63) is 57.7 Å². The number of hydrogen-bond acceptors (Lipinski definition) is 3. The molecule has 2 rings (SSSR count). The molecule has 0 saturated carbocycles. The number of nitrogens with one attached hydrogen (secondary N) is 2. The second kappa shape index (κ2) is 8.98. The maximum Gasteiger partial charge on any atom is 0.257 e. The van der Waals surface area contributed by atoms with Crippen LogP contribution >= 0.6 is 34.8 Å². The molecule has 2 aromatic carbocycles. The van der Waals surface area contributed by atoms with Crippen LogP contribution in [0.4, 0.5) is 5.69 Å². The van der Waals surface area contributed by atoms with Crippen LogP contribution in [0.1, 0.15) is 24.2 Å². The van der Waals surface area contributed by atoms with Crippen molar-refractivity contribution in [3.63, 3.8) is 0 Å². The topological polar surface area (TPSA) is 50.4 Å². The van der Waals surface area contributed by atoms with Crippen LogP contribution in [-0.4, -0.2) is 17.6 Å². The van der Waals surface area contributed by atoms with Crippen LogP contribution in [-0.2, 0) is 0 Å². The summed E-state index contributed by atoms with van der Waals surface area (Å²) >= 11 is 7.42. The molecule has 0 unspecified atom stereocenters. The largest absolute Gasteiger partial charge is 0.493 e. The highest BCUT2D eigenvalue weighted by molar-refractivity contribution is 14.1. The van der Waals surface area contributed by atoms with E-state index in [1.165, 1.54) is 0 Å². The van der Waals surface area contributed by atoms with Crippen LogP contribution in [0.3, 0.4) is 0 Å². The van der Waals surface area contributed by atoms with Crippen LogP contribution in [0.25, 0.3) is 0 Å². The molecule has 0 spiro atoms. The Morgan fingerprint density at radius 3 is 2.58 bits per heavy atom. The van der Waals surface area contributed by atoms with Gasteiger partial charge in [-0.15, -0.1) is 0 Å². The van der Waals surface area contributed by atoms with Gasteiger partial charge >= 0.3 is 0 Å². The number of rotatable bonds is 5. The van der Waals surface area contributed by atoms with Crippen LogP contribution < -0.4 is 15.4 Å². The SMILES string of the molecule is CC(C)COc1cccc(C(=O)NC(=S)Nc2ccc(I)cc2)c1. The summed E-state index contributed by atoms with van der Waals surface area (Å²) in [6.07, 6.45) is 0. The van der Waals surface area contributed by atoms with E-state index in [9.17, 15) is 4.79 Å². The first-order valence-corrected chi connectivity index (χ1v) is 9.03. The highest BCUT2D eigenvalue weighted by atomic mass is 127. The number of halogens is 1. The van der Waals surface area contributed by atoms with Crippen molar-refractivity contribution in [2.75, 3.05) is 11.9 Å². The van der Waals surface area contributed by atoms with E-state index in [-0.39, 0.29) is 11.0 Å². The van der Waals surface area contributed by atoms with Crippen LogP contribution in [0.15, 0.2) is 48.5 Å². The number of hydrogen-bond donors (Lipinski definition) is 2. The highest BCUT2D eigenvalue weighted by Crippen LogP contribution is 2.15. The van der Waals surface area contributed by atoms with Gasteiger partial charge in [0.25, 0.3) is 5.91 Å². The molecule has 24 heavy (non-hydrogen) atoms. The van der Waals surface area contributed by atoms with Gasteiger partial charge in [0.05, 0.1) is 6.61 Å². The second-order valence-corrected chi connectivity index (χ2v) is 7.30. The van der Waals surface area contributed by atoms with E-state index < -0.39 is 0 Å². The molecule has 0 radical (unpaired) electrons. The zero-order valence-corrected chi connectivity index (χ0v) is 16.5. The molecule has 0 heterocycles. The molecule has 0 aromatic heterocycles. The molecule has 0 atom stereocenters. The molecule has 126 valence electrons. The molecule has 6 heteroatoms. The minimum atomic E-state index is -0.270. The van der Waals surface area contributed by atoms with Crippen molar-refractivity contribution < 1.29 is 9.53 Å². The average molecular weight is 454 g/mol. The highest BCUT2D eigenvalue weighted by Gasteiger charge is 2.09. The Kier molecular flexibility index (Phi) is 6.99. The van der Waals surface area contributed by atoms with Gasteiger partial charge in [-0.2, -0.15) is 0 Å². The first-order chi connectivity index (χ1) is 11.4. The van der Waals surface area contributed by atoms with Gasteiger partial charge in [-0.05, 0) is 83.2 Å². The molecule has 2 aromatic rings. The Morgan fingerprint density at radius 2 is 1.92 bits per heavy atom. The summed E-state index contributed by atoms with van der Waals surface area (Å²) in [5.41, 5.74) is 1.33. The minimum absolute atomic E-state index is 0.259. The molecular formula is C18H19IN2O2S. The summed E-state index contributed by atoms with van der Waals surface area (Å²) in [6.45, 7) is 4.76. The third-order valence-corrected chi connectivity index (χ3v) is 3.93. The fourth-order valence-corrected chi connectivity index (χ4v) is 2.43. The Balaban J connectivity index is 1.94. The average Bonchev–Trinajstić information content (AvgIpc) is 2.55. The molecule has 4 nitrogen and oxygen atoms in total. The standard InChI is InChI=1S/C18H19IN2O2S/c1-12(2)11-23-16-5-3-4-13(10-16)17(22)21-18(24)20-15-8-6-14(19)7-9-15/h3-10,12H,11H2,1-2H3,(H2,20,21,22,24). The van der Waals surface area contributed by atoms with Gasteiger partial charge < -0.3 is 10.1 Å². The molecular weight excluding hydrogens is 435 g/mol. The van der Waals surface area contributed by atoms with E-state index in [2.05, 4.69) is 47.1 Å². The fraction of sp³-hybridized carbons (Fsp3) is 0.222. The lowest BCUT2D eigenvalue weighted by Crippen LogP contribution is -2.34. The number of amides is 1. The first kappa shape index (κ1) is 18.7. The van der Waals surface area contributed by atoms with E-state index in [1.54, 1.807) is 18.2 Å². The summed E-state index contributed by atoms with van der Waals surface area (Å²) in [5.74, 6) is 0.828. The second-order valence-electron chi connectivity index (χ2n) is 5.65. The number of benzene rings is 2. The molecule has 0 aliphatic carbocycles. The summed E-state index contributed by atoms with van der Waals surface area (Å²) in [7, 11) is 0. The number of thiocarbonyl (C=S) groups is 1. The van der Waals surface area contributed by atoms with Gasteiger partial charge in [0, 0.05) is 14.8 Å². The van der Waals surface area contributed by atoms with Crippen molar-refractivity contribution in [1.82, 2.24) is 5.32 Å². The summed E-state index contributed by atoms with van der Waals surface area (Å²) in [6, 6.07) is 14.8. The van der Waals surface area contributed by atoms with E-state index in [4.69, 9.17) is 17.0 Å². The van der Waals surface area contributed by atoms with Gasteiger partial charge in [-0.3, -0.25) is 10.1 Å². The molecule has 0 saturated heterocycles. The molecule has 0 aliphatic rings. The van der Waals surface area contributed by atoms with Gasteiger partial charge in [0.2, 0.25) is 0 Å². The van der Waals surface area contributed by atoms with E-state index in [0.717, 1.165) is 9.26 Å². The van der Waals surface area contributed by atoms with E-state index >= 15 is 0 Å². The van der Waals surface area contributed by atoms with Gasteiger partial charge in [0.1, 0.15) is 5.75 Å². The third kappa shape index (κ3) is 6.09. The Labute approximate surface area is 161 Å². The number of anilines is 1. The van der Waals surface area contributed by atoms with Gasteiger partial charge in [-0.1, -0.05) is 19.9 Å². The van der Waals surface area contributed by atoms with Crippen molar-refractivity contribution >= 4 is 51.5 Å². The summed E-state index contributed by atoms with van der Waals surface area (Å²) in [5, 5.41) is 5.92. The fourth-order valence-electron chi connectivity index (χ4n) is 1.86. The molecule has 0 aliphatic heterocycles. The smallest absolute Gasteiger partial charge is 0.257 e. The van der Waals surface area contributed by atoms with Crippen molar-refractivity contribution in [2.45, 2.75) is 13.8 Å². The van der Waals surface area contributed by atoms with Crippen molar-refractivity contribution in [3.8, 4) is 5.75 Å². The van der Waals surface area contributed by atoms with Crippen molar-refractivity contribution in [1.29, 1.82) is 0 Å². The van der Waals surface area contributed by atoms with E-state index in [1.807, 2.05) is 30.3 Å². The lowest BCUT2D eigenvalue weighted by molar-refractivity contribution is 0.0977. The monoisotopic (exact) mass is 454 g/mol. The van der Waals surface area contributed by atoms with Crippen LogP contribution in [0.2, 0.25) is 0 Å². The third-order valence-electron chi connectivity index (χ3n) is 3.01.